The minimum Gasteiger partial charge on any atom is -0.507 e. The summed E-state index contributed by atoms with van der Waals surface area (Å²) in [5, 5.41) is 13.7. The van der Waals surface area contributed by atoms with E-state index < -0.39 is 0 Å². The molecule has 0 saturated carbocycles. The van der Waals surface area contributed by atoms with Crippen molar-refractivity contribution < 1.29 is 19.4 Å². The largest absolute Gasteiger partial charge is 0.507 e. The molecule has 0 fully saturated rings. The van der Waals surface area contributed by atoms with Gasteiger partial charge in [-0.3, -0.25) is 4.79 Å². The second-order valence-electron chi connectivity index (χ2n) is 5.46. The van der Waals surface area contributed by atoms with Crippen LogP contribution >= 0.6 is 0 Å². The van der Waals surface area contributed by atoms with E-state index in [1.807, 2.05) is 39.0 Å². The first-order valence-electron chi connectivity index (χ1n) is 7.98. The van der Waals surface area contributed by atoms with Crippen LogP contribution in [0.15, 0.2) is 41.5 Å². The highest BCUT2D eigenvalue weighted by Gasteiger charge is 2.07. The standard InChI is InChI=1S/C19H22N2O4/c1-4-24-16-9-8-15(17(22)10-16)11-20-21-18(23)12-25-19-13(2)6-5-7-14(19)3/h5-11,22H,4,12H2,1-3H3,(H,21,23)/b20-11-. The lowest BCUT2D eigenvalue weighted by Crippen LogP contribution is -2.25. The number of nitrogens with one attached hydrogen (secondary N) is 1. The second-order valence-corrected chi connectivity index (χ2v) is 5.46. The van der Waals surface area contributed by atoms with Crippen LogP contribution in [0.2, 0.25) is 0 Å². The van der Waals surface area contributed by atoms with Gasteiger partial charge in [-0.1, -0.05) is 18.2 Å². The van der Waals surface area contributed by atoms with E-state index in [1.54, 1.807) is 12.1 Å². The van der Waals surface area contributed by atoms with Crippen LogP contribution in [0, 0.1) is 13.8 Å². The number of hydrogen-bond donors (Lipinski definition) is 2. The Labute approximate surface area is 147 Å². The summed E-state index contributed by atoms with van der Waals surface area (Å²) in [5.41, 5.74) is 4.78. The summed E-state index contributed by atoms with van der Waals surface area (Å²) < 4.78 is 10.8. The number of para-hydroxylation sites is 1. The second kappa shape index (κ2) is 8.73. The number of benzene rings is 2. The lowest BCUT2D eigenvalue weighted by atomic mass is 10.1. The van der Waals surface area contributed by atoms with Gasteiger partial charge in [0.15, 0.2) is 6.61 Å². The maximum absolute atomic E-state index is 11.8. The van der Waals surface area contributed by atoms with Gasteiger partial charge in [-0.2, -0.15) is 5.10 Å². The first-order chi connectivity index (χ1) is 12.0. The third-order valence-corrected chi connectivity index (χ3v) is 3.46. The van der Waals surface area contributed by atoms with Crippen molar-refractivity contribution in [2.45, 2.75) is 20.8 Å². The summed E-state index contributed by atoms with van der Waals surface area (Å²) in [7, 11) is 0. The quantitative estimate of drug-likeness (QED) is 0.599. The monoisotopic (exact) mass is 342 g/mol. The van der Waals surface area contributed by atoms with Crippen LogP contribution in [-0.2, 0) is 4.79 Å². The zero-order valence-electron chi connectivity index (χ0n) is 14.6. The number of carbonyl (C=O) groups is 1. The fourth-order valence-electron chi connectivity index (χ4n) is 2.26. The van der Waals surface area contributed by atoms with Gasteiger partial charge in [-0.05, 0) is 44.0 Å². The van der Waals surface area contributed by atoms with Crippen molar-refractivity contribution in [2.75, 3.05) is 13.2 Å². The van der Waals surface area contributed by atoms with Gasteiger partial charge in [-0.25, -0.2) is 5.43 Å². The molecule has 2 aromatic carbocycles. The maximum atomic E-state index is 11.8. The molecule has 0 aliphatic heterocycles. The van der Waals surface area contributed by atoms with E-state index in [4.69, 9.17) is 9.47 Å². The molecule has 25 heavy (non-hydrogen) atoms. The molecule has 0 bridgehead atoms. The number of phenols is 1. The predicted octanol–water partition coefficient (Wildman–Crippen LogP) is 2.94. The summed E-state index contributed by atoms with van der Waals surface area (Å²) in [4.78, 5) is 11.8. The van der Waals surface area contributed by atoms with Crippen LogP contribution < -0.4 is 14.9 Å². The summed E-state index contributed by atoms with van der Waals surface area (Å²) in [6.45, 7) is 6.09. The Balaban J connectivity index is 1.88. The van der Waals surface area contributed by atoms with Crippen LogP contribution in [0.25, 0.3) is 0 Å². The predicted molar refractivity (Wildman–Crippen MR) is 96.4 cm³/mol. The number of hydrazone groups is 1. The molecular formula is C19H22N2O4. The summed E-state index contributed by atoms with van der Waals surface area (Å²) >= 11 is 0. The number of ether oxygens (including phenoxy) is 2. The van der Waals surface area contributed by atoms with E-state index in [9.17, 15) is 9.90 Å². The first kappa shape index (κ1) is 18.3. The van der Waals surface area contributed by atoms with Gasteiger partial charge >= 0.3 is 0 Å². The molecule has 6 nitrogen and oxygen atoms in total. The molecule has 0 radical (unpaired) electrons. The van der Waals surface area contributed by atoms with Crippen LogP contribution in [0.3, 0.4) is 0 Å². The van der Waals surface area contributed by atoms with Crippen molar-refractivity contribution in [3.63, 3.8) is 0 Å². The van der Waals surface area contributed by atoms with Crippen LogP contribution in [0.5, 0.6) is 17.2 Å². The molecule has 6 heteroatoms. The molecule has 0 unspecified atom stereocenters. The Hall–Kier alpha value is -3.02. The average molecular weight is 342 g/mol. The number of hydrogen-bond acceptors (Lipinski definition) is 5. The Kier molecular flexibility index (Phi) is 6.39. The van der Waals surface area contributed by atoms with E-state index in [2.05, 4.69) is 10.5 Å². The van der Waals surface area contributed by atoms with Gasteiger partial charge in [0.2, 0.25) is 0 Å². The summed E-state index contributed by atoms with van der Waals surface area (Å²) in [6, 6.07) is 10.7. The number of carbonyl (C=O) groups excluding carboxylic acids is 1. The lowest BCUT2D eigenvalue weighted by Gasteiger charge is -2.10. The van der Waals surface area contributed by atoms with Gasteiger partial charge in [-0.15, -0.1) is 0 Å². The molecule has 0 saturated heterocycles. The number of rotatable bonds is 7. The topological polar surface area (TPSA) is 80.2 Å². The third kappa shape index (κ3) is 5.24. The third-order valence-electron chi connectivity index (χ3n) is 3.46. The molecular weight excluding hydrogens is 320 g/mol. The zero-order chi connectivity index (χ0) is 18.2. The average Bonchev–Trinajstić information content (AvgIpc) is 2.56. The normalized spacial score (nSPS) is 10.7. The molecule has 0 spiro atoms. The van der Waals surface area contributed by atoms with Gasteiger partial charge in [0.1, 0.15) is 17.2 Å². The lowest BCUT2D eigenvalue weighted by molar-refractivity contribution is -0.123. The number of amides is 1. The Bertz CT molecular complexity index is 752. The molecule has 0 aromatic heterocycles. The van der Waals surface area contributed by atoms with Crippen molar-refractivity contribution in [2.24, 2.45) is 5.10 Å². The van der Waals surface area contributed by atoms with Crippen LogP contribution in [-0.4, -0.2) is 30.4 Å². The molecule has 2 N–H and O–H groups in total. The highest BCUT2D eigenvalue weighted by Crippen LogP contribution is 2.23. The van der Waals surface area contributed by atoms with E-state index in [0.29, 0.717) is 23.7 Å². The molecule has 2 aromatic rings. The SMILES string of the molecule is CCOc1ccc(/C=N\NC(=O)COc2c(C)cccc2C)c(O)c1. The van der Waals surface area contributed by atoms with E-state index >= 15 is 0 Å². The number of aromatic hydroxyl groups is 1. The molecule has 1 amide bonds. The molecule has 0 heterocycles. The smallest absolute Gasteiger partial charge is 0.277 e. The van der Waals surface area contributed by atoms with Gasteiger partial charge in [0.25, 0.3) is 5.91 Å². The minimum atomic E-state index is -0.385. The van der Waals surface area contributed by atoms with Crippen molar-refractivity contribution in [3.8, 4) is 17.2 Å². The Morgan fingerprint density at radius 1 is 1.20 bits per heavy atom. The highest BCUT2D eigenvalue weighted by atomic mass is 16.5. The van der Waals surface area contributed by atoms with Gasteiger partial charge < -0.3 is 14.6 Å². The number of phenolic OH excluding ortho intramolecular Hbond substituents is 1. The van der Waals surface area contributed by atoms with Crippen molar-refractivity contribution in [1.82, 2.24) is 5.43 Å². The van der Waals surface area contributed by atoms with Crippen LogP contribution in [0.4, 0.5) is 0 Å². The van der Waals surface area contributed by atoms with Gasteiger partial charge in [0, 0.05) is 11.6 Å². The van der Waals surface area contributed by atoms with Gasteiger partial charge in [0.05, 0.1) is 12.8 Å². The first-order valence-corrected chi connectivity index (χ1v) is 7.98. The zero-order valence-corrected chi connectivity index (χ0v) is 14.6. The summed E-state index contributed by atoms with van der Waals surface area (Å²) in [5.74, 6) is 0.911. The van der Waals surface area contributed by atoms with E-state index in [-0.39, 0.29) is 18.3 Å². The van der Waals surface area contributed by atoms with Crippen molar-refractivity contribution in [3.05, 3.63) is 53.1 Å². The Morgan fingerprint density at radius 3 is 2.56 bits per heavy atom. The minimum absolute atomic E-state index is 0.0238. The Morgan fingerprint density at radius 2 is 1.92 bits per heavy atom. The molecule has 132 valence electrons. The summed E-state index contributed by atoms with van der Waals surface area (Å²) in [6.07, 6.45) is 1.36. The molecule has 0 aliphatic carbocycles. The van der Waals surface area contributed by atoms with Crippen LogP contribution in [0.1, 0.15) is 23.6 Å². The molecule has 2 rings (SSSR count). The van der Waals surface area contributed by atoms with E-state index in [1.165, 1.54) is 12.3 Å². The molecule has 0 aliphatic rings. The van der Waals surface area contributed by atoms with E-state index in [0.717, 1.165) is 11.1 Å². The van der Waals surface area contributed by atoms with Crippen molar-refractivity contribution >= 4 is 12.1 Å². The highest BCUT2D eigenvalue weighted by molar-refractivity contribution is 5.85. The number of aryl methyl sites for hydroxylation is 2. The fraction of sp³-hybridized carbons (Fsp3) is 0.263. The molecule has 0 atom stereocenters. The maximum Gasteiger partial charge on any atom is 0.277 e. The fourth-order valence-corrected chi connectivity index (χ4v) is 2.26. The van der Waals surface area contributed by atoms with Crippen molar-refractivity contribution in [1.29, 1.82) is 0 Å². The number of nitrogens with zero attached hydrogens (tertiary/aromatic N) is 1.